The van der Waals surface area contributed by atoms with Crippen LogP contribution in [0.25, 0.3) is 107 Å². The van der Waals surface area contributed by atoms with Crippen LogP contribution < -0.4 is 0 Å². The number of thiophene rings is 1. The van der Waals surface area contributed by atoms with E-state index in [0.29, 0.717) is 0 Å². The number of hydrogen-bond donors (Lipinski definition) is 0. The van der Waals surface area contributed by atoms with Gasteiger partial charge in [0, 0.05) is 20.2 Å². The van der Waals surface area contributed by atoms with E-state index in [-0.39, 0.29) is 0 Å². The van der Waals surface area contributed by atoms with Crippen molar-refractivity contribution in [2.45, 2.75) is 0 Å². The van der Waals surface area contributed by atoms with Gasteiger partial charge < -0.3 is 0 Å². The summed E-state index contributed by atoms with van der Waals surface area (Å²) in [7, 11) is 0. The molecule has 0 amide bonds. The Morgan fingerprint density at radius 2 is 0.804 bits per heavy atom. The normalized spacial score (nSPS) is 11.9. The summed E-state index contributed by atoms with van der Waals surface area (Å²) in [5.41, 5.74) is 7.61. The predicted molar refractivity (Wildman–Crippen MR) is 223 cm³/mol. The summed E-state index contributed by atoms with van der Waals surface area (Å²) in [4.78, 5) is 0. The van der Waals surface area contributed by atoms with Crippen molar-refractivity contribution in [1.82, 2.24) is 0 Å². The summed E-state index contributed by atoms with van der Waals surface area (Å²) in [6, 6.07) is 67.4. The SMILES string of the molecule is c1ccc(-c2c3ccccc3c(-c3ccc4cc(-c5cc6sc7c8ccccc8ccc7c6c6ccccc56)ccc4c3)c3ccccc23)cc1. The van der Waals surface area contributed by atoms with Crippen molar-refractivity contribution in [3.63, 3.8) is 0 Å². The smallest absolute Gasteiger partial charge is 0.0434 e. The van der Waals surface area contributed by atoms with Gasteiger partial charge in [-0.15, -0.1) is 11.3 Å². The predicted octanol–water partition coefficient (Wildman–Crippen LogP) is 14.8. The molecule has 0 nitrogen and oxygen atoms in total. The van der Waals surface area contributed by atoms with Crippen molar-refractivity contribution < 1.29 is 0 Å². The molecule has 0 N–H and O–H groups in total. The highest BCUT2D eigenvalue weighted by molar-refractivity contribution is 7.27. The van der Waals surface area contributed by atoms with Gasteiger partial charge in [0.2, 0.25) is 0 Å². The molecule has 0 bridgehead atoms. The summed E-state index contributed by atoms with van der Waals surface area (Å²) in [5, 5.41) is 15.6. The Kier molecular flexibility index (Phi) is 6.22. The Bertz CT molecular complexity index is 3130. The molecule has 51 heavy (non-hydrogen) atoms. The highest BCUT2D eigenvalue weighted by atomic mass is 32.1. The molecule has 11 rings (SSSR count). The molecular weight excluding hydrogens is 633 g/mol. The topological polar surface area (TPSA) is 0 Å². The number of benzene rings is 10. The van der Waals surface area contributed by atoms with E-state index in [1.807, 2.05) is 11.3 Å². The first-order valence-corrected chi connectivity index (χ1v) is 18.4. The minimum Gasteiger partial charge on any atom is -0.134 e. The zero-order valence-corrected chi connectivity index (χ0v) is 28.5. The summed E-state index contributed by atoms with van der Waals surface area (Å²) < 4.78 is 2.71. The van der Waals surface area contributed by atoms with Gasteiger partial charge in [-0.2, -0.15) is 0 Å². The maximum absolute atomic E-state index is 2.43. The van der Waals surface area contributed by atoms with Crippen LogP contribution in [0.2, 0.25) is 0 Å². The first kappa shape index (κ1) is 28.5. The Balaban J connectivity index is 1.10. The third-order valence-electron chi connectivity index (χ3n) is 10.8. The molecule has 0 saturated carbocycles. The van der Waals surface area contributed by atoms with E-state index < -0.39 is 0 Å². The average molecular weight is 663 g/mol. The van der Waals surface area contributed by atoms with E-state index in [4.69, 9.17) is 0 Å². The van der Waals surface area contributed by atoms with Gasteiger partial charge in [0.15, 0.2) is 0 Å². The molecule has 0 fully saturated rings. The first-order valence-electron chi connectivity index (χ1n) is 17.6. The maximum Gasteiger partial charge on any atom is 0.0434 e. The number of rotatable bonds is 3. The molecule has 11 aromatic rings. The van der Waals surface area contributed by atoms with Gasteiger partial charge in [-0.25, -0.2) is 0 Å². The number of fused-ring (bicyclic) bond motifs is 10. The van der Waals surface area contributed by atoms with Gasteiger partial charge in [-0.1, -0.05) is 164 Å². The standard InChI is InChI=1S/C50H30S/c1-2-13-32(14-3-1)47-40-18-8-10-20-42(40)48(43-21-11-9-19-41(43)47)36-25-23-33-28-35(24-22-34(33)29-36)45-30-46-49(39-17-7-6-16-38(39)45)44-27-26-31-12-4-5-15-37(31)50(44)51-46/h1-30H. The third kappa shape index (κ3) is 4.32. The van der Waals surface area contributed by atoms with E-state index in [2.05, 4.69) is 182 Å². The fraction of sp³-hybridized carbons (Fsp3) is 0. The van der Waals surface area contributed by atoms with Gasteiger partial charge in [0.1, 0.15) is 0 Å². The van der Waals surface area contributed by atoms with Crippen molar-refractivity contribution >= 4 is 85.4 Å². The van der Waals surface area contributed by atoms with Crippen LogP contribution in [0.5, 0.6) is 0 Å². The Hall–Kier alpha value is -6.28. The molecule has 0 spiro atoms. The average Bonchev–Trinajstić information content (AvgIpc) is 3.59. The molecule has 0 aliphatic heterocycles. The molecule has 0 aliphatic carbocycles. The zero-order chi connectivity index (χ0) is 33.5. The fourth-order valence-electron chi connectivity index (χ4n) is 8.53. The summed E-state index contributed by atoms with van der Waals surface area (Å²) in [6.07, 6.45) is 0. The second-order valence-corrected chi connectivity index (χ2v) is 14.6. The molecule has 0 radical (unpaired) electrons. The Morgan fingerprint density at radius 3 is 1.49 bits per heavy atom. The van der Waals surface area contributed by atoms with Crippen molar-refractivity contribution in [1.29, 1.82) is 0 Å². The van der Waals surface area contributed by atoms with Crippen LogP contribution in [0.4, 0.5) is 0 Å². The van der Waals surface area contributed by atoms with Crippen LogP contribution in [-0.4, -0.2) is 0 Å². The molecule has 0 unspecified atom stereocenters. The molecule has 1 heteroatoms. The molecule has 10 aromatic carbocycles. The third-order valence-corrected chi connectivity index (χ3v) is 12.0. The summed E-state index contributed by atoms with van der Waals surface area (Å²) in [5.74, 6) is 0. The lowest BCUT2D eigenvalue weighted by Gasteiger charge is -2.18. The Morgan fingerprint density at radius 1 is 0.294 bits per heavy atom. The van der Waals surface area contributed by atoms with Gasteiger partial charge in [0.25, 0.3) is 0 Å². The first-order chi connectivity index (χ1) is 25.3. The van der Waals surface area contributed by atoms with Gasteiger partial charge in [-0.3, -0.25) is 0 Å². The van der Waals surface area contributed by atoms with Crippen LogP contribution >= 0.6 is 11.3 Å². The zero-order valence-electron chi connectivity index (χ0n) is 27.7. The van der Waals surface area contributed by atoms with Crippen LogP contribution in [0.1, 0.15) is 0 Å². The molecule has 0 aliphatic rings. The minimum atomic E-state index is 1.24. The highest BCUT2D eigenvalue weighted by Crippen LogP contribution is 2.46. The molecule has 1 aromatic heterocycles. The minimum absolute atomic E-state index is 1.24. The maximum atomic E-state index is 2.43. The number of hydrogen-bond acceptors (Lipinski definition) is 1. The second-order valence-electron chi connectivity index (χ2n) is 13.6. The van der Waals surface area contributed by atoms with Crippen molar-refractivity contribution in [2.24, 2.45) is 0 Å². The molecule has 0 saturated heterocycles. The monoisotopic (exact) mass is 662 g/mol. The lowest BCUT2D eigenvalue weighted by atomic mass is 9.85. The van der Waals surface area contributed by atoms with E-state index in [1.54, 1.807) is 0 Å². The van der Waals surface area contributed by atoms with Gasteiger partial charge in [0.05, 0.1) is 0 Å². The van der Waals surface area contributed by atoms with Gasteiger partial charge >= 0.3 is 0 Å². The Labute approximate surface area is 299 Å². The van der Waals surface area contributed by atoms with Crippen LogP contribution in [0, 0.1) is 0 Å². The molecule has 0 atom stereocenters. The van der Waals surface area contributed by atoms with Crippen LogP contribution in [-0.2, 0) is 0 Å². The molecule has 1 heterocycles. The van der Waals surface area contributed by atoms with E-state index in [0.717, 1.165) is 0 Å². The molecule has 236 valence electrons. The lowest BCUT2D eigenvalue weighted by Crippen LogP contribution is -1.91. The van der Waals surface area contributed by atoms with E-state index >= 15 is 0 Å². The second kappa shape index (κ2) is 11.1. The van der Waals surface area contributed by atoms with Crippen molar-refractivity contribution in [3.05, 3.63) is 182 Å². The van der Waals surface area contributed by atoms with Gasteiger partial charge in [-0.05, 0) is 105 Å². The lowest BCUT2D eigenvalue weighted by molar-refractivity contribution is 1.66. The van der Waals surface area contributed by atoms with E-state index in [9.17, 15) is 0 Å². The summed E-state index contributed by atoms with van der Waals surface area (Å²) >= 11 is 1.92. The van der Waals surface area contributed by atoms with Crippen LogP contribution in [0.15, 0.2) is 182 Å². The largest absolute Gasteiger partial charge is 0.134 e. The fourth-order valence-corrected chi connectivity index (χ4v) is 9.83. The van der Waals surface area contributed by atoms with Crippen LogP contribution in [0.3, 0.4) is 0 Å². The quantitative estimate of drug-likeness (QED) is 0.165. The summed E-state index contributed by atoms with van der Waals surface area (Å²) in [6.45, 7) is 0. The molecular formula is C50H30S. The highest BCUT2D eigenvalue weighted by Gasteiger charge is 2.18. The van der Waals surface area contributed by atoms with Crippen molar-refractivity contribution in [3.8, 4) is 33.4 Å². The van der Waals surface area contributed by atoms with Crippen molar-refractivity contribution in [2.75, 3.05) is 0 Å². The van der Waals surface area contributed by atoms with E-state index in [1.165, 1.54) is 107 Å².